The lowest BCUT2D eigenvalue weighted by Crippen LogP contribution is -2.21. The van der Waals surface area contributed by atoms with Gasteiger partial charge in [-0.15, -0.1) is 0 Å². The standard InChI is InChI=1S/C20H18BrN3O3/c1-13-11-16(21)5-8-18(13)23-19(25)12-27-20(26)15-3-6-17(7-4-15)24-14(2)9-10-22-24/h3-11H,12H2,1-2H3,(H,23,25). The van der Waals surface area contributed by atoms with Crippen LogP contribution in [0.4, 0.5) is 5.69 Å². The Morgan fingerprint density at radius 1 is 1.11 bits per heavy atom. The number of carbonyl (C=O) groups is 2. The van der Waals surface area contributed by atoms with Gasteiger partial charge in [0.15, 0.2) is 6.61 Å². The maximum Gasteiger partial charge on any atom is 0.338 e. The number of nitrogens with zero attached hydrogens (tertiary/aromatic N) is 2. The summed E-state index contributed by atoms with van der Waals surface area (Å²) in [6, 6.07) is 14.3. The van der Waals surface area contributed by atoms with E-state index in [2.05, 4.69) is 26.3 Å². The average Bonchev–Trinajstić information content (AvgIpc) is 3.08. The molecule has 138 valence electrons. The summed E-state index contributed by atoms with van der Waals surface area (Å²) in [4.78, 5) is 24.2. The van der Waals surface area contributed by atoms with Gasteiger partial charge in [-0.25, -0.2) is 9.48 Å². The Kier molecular flexibility index (Phi) is 5.71. The molecule has 1 aromatic heterocycles. The molecule has 3 rings (SSSR count). The molecule has 0 unspecified atom stereocenters. The van der Waals surface area contributed by atoms with Crippen LogP contribution in [0.3, 0.4) is 0 Å². The Bertz CT molecular complexity index is 980. The van der Waals surface area contributed by atoms with Crippen molar-refractivity contribution in [3.05, 3.63) is 76.0 Å². The molecule has 0 saturated carbocycles. The number of halogens is 1. The fourth-order valence-electron chi connectivity index (χ4n) is 2.55. The molecule has 1 heterocycles. The van der Waals surface area contributed by atoms with E-state index in [-0.39, 0.29) is 6.61 Å². The Labute approximate surface area is 165 Å². The molecule has 1 N–H and O–H groups in total. The minimum Gasteiger partial charge on any atom is -0.452 e. The number of aryl methyl sites for hydroxylation is 2. The number of nitrogens with one attached hydrogen (secondary N) is 1. The Hall–Kier alpha value is -2.93. The lowest BCUT2D eigenvalue weighted by molar-refractivity contribution is -0.119. The highest BCUT2D eigenvalue weighted by Gasteiger charge is 2.12. The zero-order valence-corrected chi connectivity index (χ0v) is 16.5. The van der Waals surface area contributed by atoms with E-state index in [9.17, 15) is 9.59 Å². The second kappa shape index (κ2) is 8.18. The number of benzene rings is 2. The van der Waals surface area contributed by atoms with Crippen molar-refractivity contribution in [2.75, 3.05) is 11.9 Å². The van der Waals surface area contributed by atoms with Crippen molar-refractivity contribution in [1.82, 2.24) is 9.78 Å². The molecule has 0 fully saturated rings. The van der Waals surface area contributed by atoms with Gasteiger partial charge in [0, 0.05) is 22.1 Å². The number of ether oxygens (including phenoxy) is 1. The highest BCUT2D eigenvalue weighted by molar-refractivity contribution is 9.10. The van der Waals surface area contributed by atoms with E-state index in [0.717, 1.165) is 21.4 Å². The van der Waals surface area contributed by atoms with Crippen LogP contribution < -0.4 is 5.32 Å². The van der Waals surface area contributed by atoms with Crippen molar-refractivity contribution < 1.29 is 14.3 Å². The summed E-state index contributed by atoms with van der Waals surface area (Å²) in [5.41, 5.74) is 3.80. The molecular formula is C20H18BrN3O3. The molecule has 1 amide bonds. The second-order valence-corrected chi connectivity index (χ2v) is 6.93. The zero-order valence-electron chi connectivity index (χ0n) is 14.9. The van der Waals surface area contributed by atoms with E-state index in [1.807, 2.05) is 32.0 Å². The minimum atomic E-state index is -0.554. The Morgan fingerprint density at radius 3 is 2.48 bits per heavy atom. The lowest BCUT2D eigenvalue weighted by atomic mass is 10.2. The molecule has 0 atom stereocenters. The van der Waals surface area contributed by atoms with Crippen molar-refractivity contribution in [2.45, 2.75) is 13.8 Å². The van der Waals surface area contributed by atoms with Gasteiger partial charge in [0.1, 0.15) is 0 Å². The van der Waals surface area contributed by atoms with Gasteiger partial charge in [-0.05, 0) is 67.9 Å². The Morgan fingerprint density at radius 2 is 1.85 bits per heavy atom. The summed E-state index contributed by atoms with van der Waals surface area (Å²) in [5, 5.41) is 6.95. The summed E-state index contributed by atoms with van der Waals surface area (Å²) in [6.07, 6.45) is 1.71. The smallest absolute Gasteiger partial charge is 0.338 e. The summed E-state index contributed by atoms with van der Waals surface area (Å²) < 4.78 is 7.79. The van der Waals surface area contributed by atoms with Crippen molar-refractivity contribution >= 4 is 33.5 Å². The van der Waals surface area contributed by atoms with Gasteiger partial charge in [0.2, 0.25) is 0 Å². The normalized spacial score (nSPS) is 10.5. The molecule has 0 bridgehead atoms. The van der Waals surface area contributed by atoms with Gasteiger partial charge in [0.05, 0.1) is 11.3 Å². The number of aromatic nitrogens is 2. The first-order valence-corrected chi connectivity index (χ1v) is 9.07. The third-order valence-corrected chi connectivity index (χ3v) is 4.47. The van der Waals surface area contributed by atoms with Crippen LogP contribution in [-0.2, 0) is 9.53 Å². The third kappa shape index (κ3) is 4.62. The summed E-state index contributed by atoms with van der Waals surface area (Å²) in [7, 11) is 0. The van der Waals surface area contributed by atoms with Crippen LogP contribution in [0.1, 0.15) is 21.6 Å². The summed E-state index contributed by atoms with van der Waals surface area (Å²) in [5.74, 6) is -0.945. The van der Waals surface area contributed by atoms with E-state index in [0.29, 0.717) is 11.3 Å². The first-order valence-electron chi connectivity index (χ1n) is 8.28. The predicted molar refractivity (Wildman–Crippen MR) is 106 cm³/mol. The van der Waals surface area contributed by atoms with Gasteiger partial charge in [0.25, 0.3) is 5.91 Å². The molecule has 3 aromatic rings. The van der Waals surface area contributed by atoms with Gasteiger partial charge in [-0.1, -0.05) is 15.9 Å². The maximum atomic E-state index is 12.1. The van der Waals surface area contributed by atoms with Gasteiger partial charge in [-0.2, -0.15) is 5.10 Å². The van der Waals surface area contributed by atoms with Crippen LogP contribution in [0, 0.1) is 13.8 Å². The fourth-order valence-corrected chi connectivity index (χ4v) is 3.02. The molecule has 0 aliphatic heterocycles. The van der Waals surface area contributed by atoms with Gasteiger partial charge < -0.3 is 10.1 Å². The Balaban J connectivity index is 1.57. The molecular weight excluding hydrogens is 410 g/mol. The van der Waals surface area contributed by atoms with E-state index in [1.54, 1.807) is 41.2 Å². The van der Waals surface area contributed by atoms with Crippen LogP contribution in [0.25, 0.3) is 5.69 Å². The quantitative estimate of drug-likeness (QED) is 0.623. The monoisotopic (exact) mass is 427 g/mol. The number of esters is 1. The van der Waals surface area contributed by atoms with Crippen molar-refractivity contribution in [2.24, 2.45) is 0 Å². The fraction of sp³-hybridized carbons (Fsp3) is 0.150. The molecule has 0 radical (unpaired) electrons. The number of amides is 1. The van der Waals surface area contributed by atoms with Gasteiger partial charge in [-0.3, -0.25) is 4.79 Å². The first kappa shape index (κ1) is 18.8. The zero-order chi connectivity index (χ0) is 19.4. The molecule has 0 aliphatic rings. The van der Waals surface area contributed by atoms with E-state index < -0.39 is 11.9 Å². The molecule has 2 aromatic carbocycles. The maximum absolute atomic E-state index is 12.1. The molecule has 0 saturated heterocycles. The van der Waals surface area contributed by atoms with Crippen LogP contribution in [0.2, 0.25) is 0 Å². The van der Waals surface area contributed by atoms with Crippen LogP contribution in [-0.4, -0.2) is 28.3 Å². The van der Waals surface area contributed by atoms with Crippen molar-refractivity contribution in [1.29, 1.82) is 0 Å². The van der Waals surface area contributed by atoms with E-state index in [4.69, 9.17) is 4.74 Å². The summed E-state index contributed by atoms with van der Waals surface area (Å²) in [6.45, 7) is 3.48. The average molecular weight is 428 g/mol. The highest BCUT2D eigenvalue weighted by Crippen LogP contribution is 2.20. The number of anilines is 1. The van der Waals surface area contributed by atoms with Gasteiger partial charge >= 0.3 is 5.97 Å². The molecule has 27 heavy (non-hydrogen) atoms. The number of hydrogen-bond acceptors (Lipinski definition) is 4. The highest BCUT2D eigenvalue weighted by atomic mass is 79.9. The molecule has 7 heteroatoms. The molecule has 0 aliphatic carbocycles. The van der Waals surface area contributed by atoms with E-state index >= 15 is 0 Å². The SMILES string of the molecule is Cc1cc(Br)ccc1NC(=O)COC(=O)c1ccc(-n2nccc2C)cc1. The first-order chi connectivity index (χ1) is 12.9. The summed E-state index contributed by atoms with van der Waals surface area (Å²) >= 11 is 3.37. The molecule has 0 spiro atoms. The van der Waals surface area contributed by atoms with Crippen LogP contribution in [0.15, 0.2) is 59.2 Å². The second-order valence-electron chi connectivity index (χ2n) is 6.01. The largest absolute Gasteiger partial charge is 0.452 e. The predicted octanol–water partition coefficient (Wildman–Crippen LogP) is 4.05. The van der Waals surface area contributed by atoms with Crippen LogP contribution in [0.5, 0.6) is 0 Å². The molecule has 6 nitrogen and oxygen atoms in total. The van der Waals surface area contributed by atoms with Crippen molar-refractivity contribution in [3.8, 4) is 5.69 Å². The minimum absolute atomic E-state index is 0.353. The third-order valence-electron chi connectivity index (χ3n) is 3.98. The van der Waals surface area contributed by atoms with Crippen molar-refractivity contribution in [3.63, 3.8) is 0 Å². The topological polar surface area (TPSA) is 73.2 Å². The van der Waals surface area contributed by atoms with Crippen LogP contribution >= 0.6 is 15.9 Å². The number of hydrogen-bond donors (Lipinski definition) is 1. The number of carbonyl (C=O) groups excluding carboxylic acids is 2. The van der Waals surface area contributed by atoms with E-state index in [1.165, 1.54) is 0 Å². The number of rotatable bonds is 5. The lowest BCUT2D eigenvalue weighted by Gasteiger charge is -2.10.